The van der Waals surface area contributed by atoms with Crippen molar-refractivity contribution in [2.75, 3.05) is 25.1 Å². The summed E-state index contributed by atoms with van der Waals surface area (Å²) < 4.78 is 12.3. The lowest BCUT2D eigenvalue weighted by molar-refractivity contribution is -0.384. The van der Waals surface area contributed by atoms with Gasteiger partial charge in [0.1, 0.15) is 11.9 Å². The van der Waals surface area contributed by atoms with E-state index in [4.69, 9.17) is 9.47 Å². The Morgan fingerprint density at radius 3 is 2.64 bits per heavy atom. The van der Waals surface area contributed by atoms with Crippen LogP contribution in [0.5, 0.6) is 0 Å². The van der Waals surface area contributed by atoms with Crippen molar-refractivity contribution in [1.82, 2.24) is 4.98 Å². The maximum absolute atomic E-state index is 11.4. The fraction of sp³-hybridized carbons (Fsp3) is 0.471. The zero-order valence-corrected chi connectivity index (χ0v) is 15.9. The van der Waals surface area contributed by atoms with Gasteiger partial charge in [-0.25, -0.2) is 4.98 Å². The topological polar surface area (TPSA) is 86.5 Å². The molecule has 8 heteroatoms. The molecule has 25 heavy (non-hydrogen) atoms. The Balaban J connectivity index is 1.89. The molecule has 2 aromatic rings. The van der Waals surface area contributed by atoms with Gasteiger partial charge in [0.25, 0.3) is 0 Å². The highest BCUT2D eigenvalue weighted by Gasteiger charge is 2.37. The molecule has 0 aliphatic carbocycles. The summed E-state index contributed by atoms with van der Waals surface area (Å²) in [6.45, 7) is 7.28. The van der Waals surface area contributed by atoms with E-state index < -0.39 is 10.7 Å². The molecule has 1 aliphatic heterocycles. The van der Waals surface area contributed by atoms with Crippen LogP contribution in [0.1, 0.15) is 20.8 Å². The number of nitrogens with zero attached hydrogens (tertiary/aromatic N) is 2. The van der Waals surface area contributed by atoms with Crippen molar-refractivity contribution in [2.45, 2.75) is 26.6 Å². The van der Waals surface area contributed by atoms with Crippen LogP contribution in [0.25, 0.3) is 10.9 Å². The summed E-state index contributed by atoms with van der Waals surface area (Å²) >= 11 is 3.40. The third-order valence-electron chi connectivity index (χ3n) is 4.24. The Hall–Kier alpha value is -1.77. The van der Waals surface area contributed by atoms with E-state index in [9.17, 15) is 10.1 Å². The molecule has 1 aliphatic rings. The van der Waals surface area contributed by atoms with Crippen LogP contribution in [0.4, 0.5) is 11.4 Å². The highest BCUT2D eigenvalue weighted by molar-refractivity contribution is 9.10. The van der Waals surface area contributed by atoms with E-state index >= 15 is 0 Å². The molecule has 1 saturated heterocycles. The lowest BCUT2D eigenvalue weighted by Crippen LogP contribution is -2.48. The average molecular weight is 410 g/mol. The first-order valence-corrected chi connectivity index (χ1v) is 8.73. The van der Waals surface area contributed by atoms with E-state index in [-0.39, 0.29) is 11.1 Å². The van der Waals surface area contributed by atoms with Crippen LogP contribution >= 0.6 is 15.9 Å². The largest absolute Gasteiger partial charge is 0.378 e. The summed E-state index contributed by atoms with van der Waals surface area (Å²) in [7, 11) is 0. The third kappa shape index (κ3) is 3.91. The Labute approximate surface area is 154 Å². The number of aromatic nitrogens is 1. The monoisotopic (exact) mass is 409 g/mol. The lowest BCUT2D eigenvalue weighted by Gasteiger charge is -2.41. The molecule has 3 rings (SSSR count). The first kappa shape index (κ1) is 18.0. The van der Waals surface area contributed by atoms with Crippen molar-refractivity contribution in [3.8, 4) is 0 Å². The van der Waals surface area contributed by atoms with E-state index in [0.717, 1.165) is 4.47 Å². The van der Waals surface area contributed by atoms with Crippen LogP contribution in [0.15, 0.2) is 28.9 Å². The predicted molar refractivity (Wildman–Crippen MR) is 98.7 cm³/mol. The van der Waals surface area contributed by atoms with Crippen LogP contribution in [-0.2, 0) is 9.47 Å². The number of benzene rings is 1. The van der Waals surface area contributed by atoms with Gasteiger partial charge < -0.3 is 14.8 Å². The third-order valence-corrected chi connectivity index (χ3v) is 4.73. The van der Waals surface area contributed by atoms with Gasteiger partial charge in [0, 0.05) is 21.8 Å². The Morgan fingerprint density at radius 2 is 2.00 bits per heavy atom. The molecular formula is C17H20BrN3O4. The van der Waals surface area contributed by atoms with Gasteiger partial charge in [-0.3, -0.25) is 10.1 Å². The quantitative estimate of drug-likeness (QED) is 0.603. The molecule has 1 N–H and O–H groups in total. The smallest absolute Gasteiger partial charge is 0.311 e. The Bertz CT molecular complexity index is 815. The number of hydrogen-bond acceptors (Lipinski definition) is 6. The van der Waals surface area contributed by atoms with Crippen LogP contribution < -0.4 is 5.32 Å². The number of ether oxygens (including phenoxy) is 2. The van der Waals surface area contributed by atoms with Crippen LogP contribution in [0.3, 0.4) is 0 Å². The van der Waals surface area contributed by atoms with E-state index in [1.807, 2.05) is 39.0 Å². The highest BCUT2D eigenvalue weighted by Crippen LogP contribution is 2.35. The molecule has 1 aromatic carbocycles. The first-order chi connectivity index (χ1) is 11.7. The lowest BCUT2D eigenvalue weighted by atomic mass is 9.91. The molecule has 0 bridgehead atoms. The van der Waals surface area contributed by atoms with Gasteiger partial charge in [-0.05, 0) is 32.0 Å². The maximum Gasteiger partial charge on any atom is 0.311 e. The summed E-state index contributed by atoms with van der Waals surface area (Å²) in [6.07, 6.45) is 1.29. The average Bonchev–Trinajstić information content (AvgIpc) is 2.55. The second-order valence-electron chi connectivity index (χ2n) is 7.08. The Morgan fingerprint density at radius 1 is 1.32 bits per heavy atom. The first-order valence-electron chi connectivity index (χ1n) is 7.94. The van der Waals surface area contributed by atoms with Crippen LogP contribution in [0.2, 0.25) is 0 Å². The van der Waals surface area contributed by atoms with Crippen molar-refractivity contribution in [1.29, 1.82) is 0 Å². The molecule has 1 fully saturated rings. The number of pyridine rings is 1. The molecule has 1 aromatic heterocycles. The van der Waals surface area contributed by atoms with Crippen molar-refractivity contribution in [3.63, 3.8) is 0 Å². The summed E-state index contributed by atoms with van der Waals surface area (Å²) in [6, 6.07) is 5.50. The van der Waals surface area contributed by atoms with Gasteiger partial charge in [0.05, 0.1) is 23.7 Å². The van der Waals surface area contributed by atoms with Crippen molar-refractivity contribution in [2.24, 2.45) is 5.41 Å². The highest BCUT2D eigenvalue weighted by atomic mass is 79.9. The number of halogens is 1. The van der Waals surface area contributed by atoms with Crippen LogP contribution in [-0.4, -0.2) is 35.5 Å². The predicted octanol–water partition coefficient (Wildman–Crippen LogP) is 4.11. The van der Waals surface area contributed by atoms with Crippen molar-refractivity contribution >= 4 is 38.2 Å². The number of rotatable bonds is 4. The normalized spacial score (nSPS) is 18.9. The minimum absolute atomic E-state index is 0.0450. The van der Waals surface area contributed by atoms with Crippen LogP contribution in [0, 0.1) is 15.5 Å². The molecule has 7 nitrogen and oxygen atoms in total. The summed E-state index contributed by atoms with van der Waals surface area (Å²) in [5.74, 6) is -0.596. The van der Waals surface area contributed by atoms with Crippen molar-refractivity contribution < 1.29 is 14.4 Å². The summed E-state index contributed by atoms with van der Waals surface area (Å²) in [4.78, 5) is 15.2. The zero-order chi connectivity index (χ0) is 18.2. The van der Waals surface area contributed by atoms with Gasteiger partial charge in [-0.1, -0.05) is 22.9 Å². The molecule has 2 heterocycles. The number of nitrogens with one attached hydrogen (secondary N) is 1. The van der Waals surface area contributed by atoms with E-state index in [1.54, 1.807) is 0 Å². The van der Waals surface area contributed by atoms with Gasteiger partial charge >= 0.3 is 5.69 Å². The van der Waals surface area contributed by atoms with Gasteiger partial charge in [0.15, 0.2) is 5.79 Å². The van der Waals surface area contributed by atoms with Crippen molar-refractivity contribution in [3.05, 3.63) is 39.0 Å². The second-order valence-corrected chi connectivity index (χ2v) is 7.99. The fourth-order valence-corrected chi connectivity index (χ4v) is 3.01. The minimum Gasteiger partial charge on any atom is -0.378 e. The van der Waals surface area contributed by atoms with E-state index in [1.165, 1.54) is 6.20 Å². The minimum atomic E-state index is -0.596. The second kappa shape index (κ2) is 6.51. The summed E-state index contributed by atoms with van der Waals surface area (Å²) in [5.41, 5.74) is 0.823. The molecular weight excluding hydrogens is 390 g/mol. The standard InChI is InChI=1S/C17H20BrN3O4/c1-16(2)24-9-17(3,10-25-16)8-20-15-12-5-4-11(18)6-13(12)19-7-14(15)21(22)23/h4-7H,8-10H2,1-3H3,(H,19,20). The Kier molecular flexibility index (Phi) is 4.70. The number of fused-ring (bicyclic) bond motifs is 1. The summed E-state index contributed by atoms with van der Waals surface area (Å²) in [5, 5.41) is 15.4. The fourth-order valence-electron chi connectivity index (χ4n) is 2.66. The molecule has 134 valence electrons. The van der Waals surface area contributed by atoms with Gasteiger partial charge in [-0.2, -0.15) is 0 Å². The van der Waals surface area contributed by atoms with Gasteiger partial charge in [0.2, 0.25) is 0 Å². The molecule has 0 radical (unpaired) electrons. The maximum atomic E-state index is 11.4. The van der Waals surface area contributed by atoms with E-state index in [2.05, 4.69) is 26.2 Å². The number of nitro groups is 1. The number of anilines is 1. The van der Waals surface area contributed by atoms with Gasteiger partial charge in [-0.15, -0.1) is 0 Å². The molecule has 0 saturated carbocycles. The number of hydrogen-bond donors (Lipinski definition) is 1. The SMILES string of the molecule is CC1(CNc2c([N+](=O)[O-])cnc3cc(Br)ccc23)COC(C)(C)OC1. The molecule has 0 atom stereocenters. The van der Waals surface area contributed by atoms with E-state index in [0.29, 0.717) is 36.3 Å². The zero-order valence-electron chi connectivity index (χ0n) is 14.3. The molecule has 0 spiro atoms. The molecule has 0 unspecified atom stereocenters. The molecule has 0 amide bonds.